The fourth-order valence-electron chi connectivity index (χ4n) is 2.37. The minimum atomic E-state index is -0.584. The Hall–Kier alpha value is -3.09. The highest BCUT2D eigenvalue weighted by Gasteiger charge is 2.19. The Morgan fingerprint density at radius 1 is 1.42 bits per heavy atom. The summed E-state index contributed by atoms with van der Waals surface area (Å²) in [6, 6.07) is 9.15. The smallest absolute Gasteiger partial charge is 0.251 e. The molecule has 0 aliphatic heterocycles. The van der Waals surface area contributed by atoms with Gasteiger partial charge in [-0.1, -0.05) is 0 Å². The van der Waals surface area contributed by atoms with Crippen LogP contribution in [-0.4, -0.2) is 29.3 Å². The lowest BCUT2D eigenvalue weighted by Gasteiger charge is -2.16. The third-order valence-electron chi connectivity index (χ3n) is 3.59. The van der Waals surface area contributed by atoms with E-state index in [1.165, 1.54) is 19.2 Å². The number of amides is 1. The molecule has 1 atom stereocenters. The number of hydrogen-bond donors (Lipinski definition) is 1. The summed E-state index contributed by atoms with van der Waals surface area (Å²) in [7, 11) is 1.37. The maximum absolute atomic E-state index is 13.7. The van der Waals surface area contributed by atoms with Crippen LogP contribution in [0.25, 0.3) is 0 Å². The normalized spacial score (nSPS) is 11.9. The summed E-state index contributed by atoms with van der Waals surface area (Å²) in [5.74, 6) is -0.212. The molecule has 24 heavy (non-hydrogen) atoms. The van der Waals surface area contributed by atoms with Crippen molar-refractivity contribution in [2.24, 2.45) is 0 Å². The number of rotatable bonds is 6. The standard InChI is InChI=1S/C17H16FN3O3/c1-23-15-6-5-12(10-13(15)18)17(22)19-11-14(16-4-2-9-24-16)21-8-3-7-20-21/h2-10,14H,11H2,1H3,(H,19,22). The van der Waals surface area contributed by atoms with Gasteiger partial charge in [0.05, 0.1) is 13.4 Å². The number of ether oxygens (including phenoxy) is 1. The van der Waals surface area contributed by atoms with E-state index in [0.29, 0.717) is 5.76 Å². The summed E-state index contributed by atoms with van der Waals surface area (Å²) in [4.78, 5) is 12.3. The predicted octanol–water partition coefficient (Wildman–Crippen LogP) is 2.64. The fraction of sp³-hybridized carbons (Fsp3) is 0.176. The van der Waals surface area contributed by atoms with Crippen molar-refractivity contribution in [1.82, 2.24) is 15.1 Å². The summed E-state index contributed by atoms with van der Waals surface area (Å²) in [6.45, 7) is 0.252. The van der Waals surface area contributed by atoms with E-state index >= 15 is 0 Å². The van der Waals surface area contributed by atoms with Gasteiger partial charge in [-0.05, 0) is 36.4 Å². The number of furan rings is 1. The van der Waals surface area contributed by atoms with Crippen LogP contribution in [0.3, 0.4) is 0 Å². The Balaban J connectivity index is 1.73. The van der Waals surface area contributed by atoms with Gasteiger partial charge in [-0.25, -0.2) is 4.39 Å². The quantitative estimate of drug-likeness (QED) is 0.755. The van der Waals surface area contributed by atoms with Gasteiger partial charge in [0, 0.05) is 24.5 Å². The second-order valence-corrected chi connectivity index (χ2v) is 5.08. The predicted molar refractivity (Wildman–Crippen MR) is 84.4 cm³/mol. The summed E-state index contributed by atoms with van der Waals surface area (Å²) in [6.07, 6.45) is 5.00. The SMILES string of the molecule is COc1ccc(C(=O)NCC(c2ccco2)n2cccn2)cc1F. The summed E-state index contributed by atoms with van der Waals surface area (Å²) >= 11 is 0. The monoisotopic (exact) mass is 329 g/mol. The number of halogens is 1. The molecule has 1 aromatic carbocycles. The average molecular weight is 329 g/mol. The van der Waals surface area contributed by atoms with Crippen molar-refractivity contribution in [1.29, 1.82) is 0 Å². The van der Waals surface area contributed by atoms with Gasteiger partial charge >= 0.3 is 0 Å². The highest BCUT2D eigenvalue weighted by Crippen LogP contribution is 2.19. The number of aromatic nitrogens is 2. The van der Waals surface area contributed by atoms with E-state index in [-0.39, 0.29) is 29.8 Å². The van der Waals surface area contributed by atoms with Crippen molar-refractivity contribution >= 4 is 5.91 Å². The summed E-state index contributed by atoms with van der Waals surface area (Å²) < 4.78 is 25.7. The Labute approximate surface area is 137 Å². The molecule has 0 bridgehead atoms. The number of carbonyl (C=O) groups is 1. The van der Waals surface area contributed by atoms with E-state index in [0.717, 1.165) is 6.07 Å². The second kappa shape index (κ2) is 6.99. The van der Waals surface area contributed by atoms with E-state index in [2.05, 4.69) is 10.4 Å². The van der Waals surface area contributed by atoms with E-state index in [9.17, 15) is 9.18 Å². The van der Waals surface area contributed by atoms with Crippen LogP contribution in [0.15, 0.2) is 59.5 Å². The number of nitrogens with one attached hydrogen (secondary N) is 1. The third-order valence-corrected chi connectivity index (χ3v) is 3.59. The first-order valence-electron chi connectivity index (χ1n) is 7.33. The van der Waals surface area contributed by atoms with Crippen LogP contribution in [0, 0.1) is 5.82 Å². The van der Waals surface area contributed by atoms with Crippen LogP contribution in [0.5, 0.6) is 5.75 Å². The molecule has 7 heteroatoms. The molecule has 1 unspecified atom stereocenters. The zero-order valence-electron chi connectivity index (χ0n) is 13.0. The van der Waals surface area contributed by atoms with Gasteiger partial charge < -0.3 is 14.5 Å². The number of nitrogens with zero attached hydrogens (tertiary/aromatic N) is 2. The fourth-order valence-corrected chi connectivity index (χ4v) is 2.37. The van der Waals surface area contributed by atoms with Crippen molar-refractivity contribution in [2.45, 2.75) is 6.04 Å². The topological polar surface area (TPSA) is 69.3 Å². The van der Waals surface area contributed by atoms with Crippen molar-refractivity contribution in [2.75, 3.05) is 13.7 Å². The number of carbonyl (C=O) groups excluding carboxylic acids is 1. The van der Waals surface area contributed by atoms with Crippen LogP contribution >= 0.6 is 0 Å². The number of hydrogen-bond acceptors (Lipinski definition) is 4. The third kappa shape index (κ3) is 3.29. The maximum Gasteiger partial charge on any atom is 0.251 e. The molecule has 2 aromatic heterocycles. The van der Waals surface area contributed by atoms with Gasteiger partial charge in [0.1, 0.15) is 11.8 Å². The maximum atomic E-state index is 13.7. The van der Waals surface area contributed by atoms with Crippen LogP contribution in [0.2, 0.25) is 0 Å². The first-order valence-corrected chi connectivity index (χ1v) is 7.33. The van der Waals surface area contributed by atoms with E-state index in [1.54, 1.807) is 35.5 Å². The van der Waals surface area contributed by atoms with Gasteiger partial charge in [0.25, 0.3) is 5.91 Å². The molecule has 0 radical (unpaired) electrons. The lowest BCUT2D eigenvalue weighted by atomic mass is 10.1. The molecule has 1 amide bonds. The summed E-state index contributed by atoms with van der Waals surface area (Å²) in [5.41, 5.74) is 0.215. The number of benzene rings is 1. The molecule has 0 aliphatic carbocycles. The van der Waals surface area contributed by atoms with Gasteiger partial charge in [-0.15, -0.1) is 0 Å². The van der Waals surface area contributed by atoms with Crippen molar-refractivity contribution in [3.05, 3.63) is 72.2 Å². The van der Waals surface area contributed by atoms with Gasteiger partial charge in [0.2, 0.25) is 0 Å². The first-order chi connectivity index (χ1) is 11.7. The second-order valence-electron chi connectivity index (χ2n) is 5.08. The van der Waals surface area contributed by atoms with Crippen molar-refractivity contribution < 1.29 is 18.3 Å². The zero-order valence-corrected chi connectivity index (χ0v) is 13.0. The largest absolute Gasteiger partial charge is 0.494 e. The highest BCUT2D eigenvalue weighted by atomic mass is 19.1. The molecule has 124 valence electrons. The molecule has 3 rings (SSSR count). The molecule has 0 saturated carbocycles. The molecule has 1 N–H and O–H groups in total. The van der Waals surface area contributed by atoms with Crippen LogP contribution in [0.4, 0.5) is 4.39 Å². The minimum absolute atomic E-state index is 0.0940. The summed E-state index contributed by atoms with van der Waals surface area (Å²) in [5, 5.41) is 6.96. The number of methoxy groups -OCH3 is 1. The Morgan fingerprint density at radius 2 is 2.29 bits per heavy atom. The molecule has 2 heterocycles. The first kappa shape index (κ1) is 15.8. The van der Waals surface area contributed by atoms with E-state index < -0.39 is 5.82 Å². The molecule has 0 aliphatic rings. The van der Waals surface area contributed by atoms with E-state index in [1.807, 2.05) is 6.07 Å². The highest BCUT2D eigenvalue weighted by molar-refractivity contribution is 5.94. The Bertz CT molecular complexity index is 766. The average Bonchev–Trinajstić information content (AvgIpc) is 3.29. The molecule has 3 aromatic rings. The minimum Gasteiger partial charge on any atom is -0.494 e. The lowest BCUT2D eigenvalue weighted by molar-refractivity contribution is 0.0947. The lowest BCUT2D eigenvalue weighted by Crippen LogP contribution is -2.31. The molecule has 0 fully saturated rings. The molecular weight excluding hydrogens is 313 g/mol. The van der Waals surface area contributed by atoms with Gasteiger partial charge in [0.15, 0.2) is 11.6 Å². The Kier molecular flexibility index (Phi) is 4.60. The van der Waals surface area contributed by atoms with Crippen molar-refractivity contribution in [3.63, 3.8) is 0 Å². The molecular formula is C17H16FN3O3. The van der Waals surface area contributed by atoms with Gasteiger partial charge in [-0.2, -0.15) is 5.10 Å². The van der Waals surface area contributed by atoms with E-state index in [4.69, 9.17) is 9.15 Å². The molecule has 6 nitrogen and oxygen atoms in total. The molecule has 0 saturated heterocycles. The van der Waals surface area contributed by atoms with Crippen molar-refractivity contribution in [3.8, 4) is 5.75 Å². The van der Waals surface area contributed by atoms with Crippen LogP contribution in [-0.2, 0) is 0 Å². The molecule has 0 spiro atoms. The van der Waals surface area contributed by atoms with Gasteiger partial charge in [-0.3, -0.25) is 9.48 Å². The van der Waals surface area contributed by atoms with Crippen LogP contribution < -0.4 is 10.1 Å². The van der Waals surface area contributed by atoms with Crippen LogP contribution in [0.1, 0.15) is 22.2 Å². The zero-order chi connectivity index (χ0) is 16.9. The Morgan fingerprint density at radius 3 is 2.92 bits per heavy atom.